The Labute approximate surface area is 128 Å². The van der Waals surface area contributed by atoms with Crippen LogP contribution < -0.4 is 5.32 Å². The molecular weight excluding hydrogens is 291 g/mol. The SMILES string of the molecule is C[C@H]1CCCC[C@H]1NC(=O)/C=C/c1cccc(C(F)(F)F)c1. The van der Waals surface area contributed by atoms with Crippen molar-refractivity contribution in [2.45, 2.75) is 44.8 Å². The molecule has 2 atom stereocenters. The summed E-state index contributed by atoms with van der Waals surface area (Å²) in [4.78, 5) is 11.9. The number of carbonyl (C=O) groups is 1. The summed E-state index contributed by atoms with van der Waals surface area (Å²) in [5, 5.41) is 2.94. The fourth-order valence-corrected chi connectivity index (χ4v) is 2.75. The summed E-state index contributed by atoms with van der Waals surface area (Å²) in [6, 6.07) is 5.09. The van der Waals surface area contributed by atoms with Crippen molar-refractivity contribution in [1.82, 2.24) is 5.32 Å². The third-order valence-electron chi connectivity index (χ3n) is 4.08. The molecule has 1 N–H and O–H groups in total. The van der Waals surface area contributed by atoms with E-state index in [1.165, 1.54) is 24.6 Å². The van der Waals surface area contributed by atoms with Crippen LogP contribution in [0.15, 0.2) is 30.3 Å². The van der Waals surface area contributed by atoms with Gasteiger partial charge in [-0.25, -0.2) is 0 Å². The lowest BCUT2D eigenvalue weighted by Crippen LogP contribution is -2.40. The van der Waals surface area contributed by atoms with Gasteiger partial charge in [-0.3, -0.25) is 4.79 Å². The molecule has 0 bridgehead atoms. The molecule has 2 nitrogen and oxygen atoms in total. The van der Waals surface area contributed by atoms with Crippen molar-refractivity contribution in [3.05, 3.63) is 41.5 Å². The van der Waals surface area contributed by atoms with Gasteiger partial charge in [0.05, 0.1) is 5.56 Å². The molecule has 1 aromatic rings. The Bertz CT molecular complexity index is 551. The zero-order valence-electron chi connectivity index (χ0n) is 12.5. The molecule has 1 aliphatic carbocycles. The first-order valence-electron chi connectivity index (χ1n) is 7.52. The lowest BCUT2D eigenvalue weighted by molar-refractivity contribution is -0.137. The monoisotopic (exact) mass is 311 g/mol. The highest BCUT2D eigenvalue weighted by molar-refractivity contribution is 5.91. The van der Waals surface area contributed by atoms with E-state index in [-0.39, 0.29) is 11.9 Å². The van der Waals surface area contributed by atoms with Crippen LogP contribution in [0.2, 0.25) is 0 Å². The summed E-state index contributed by atoms with van der Waals surface area (Å²) in [7, 11) is 0. The van der Waals surface area contributed by atoms with E-state index >= 15 is 0 Å². The molecule has 0 aliphatic heterocycles. The molecule has 0 spiro atoms. The molecule has 1 amide bonds. The Kier molecular flexibility index (Phi) is 5.27. The summed E-state index contributed by atoms with van der Waals surface area (Å²) in [5.74, 6) is 0.191. The Morgan fingerprint density at radius 1 is 1.27 bits per heavy atom. The van der Waals surface area contributed by atoms with Crippen LogP contribution in [0.4, 0.5) is 13.2 Å². The van der Waals surface area contributed by atoms with Gasteiger partial charge in [-0.05, 0) is 42.5 Å². The Morgan fingerprint density at radius 3 is 2.68 bits per heavy atom. The fourth-order valence-electron chi connectivity index (χ4n) is 2.75. The van der Waals surface area contributed by atoms with Crippen molar-refractivity contribution >= 4 is 12.0 Å². The third-order valence-corrected chi connectivity index (χ3v) is 4.08. The van der Waals surface area contributed by atoms with Crippen LogP contribution in [0, 0.1) is 5.92 Å². The average Bonchev–Trinajstić information content (AvgIpc) is 2.47. The average molecular weight is 311 g/mol. The number of benzene rings is 1. The van der Waals surface area contributed by atoms with E-state index in [1.807, 2.05) is 0 Å². The standard InChI is InChI=1S/C17H20F3NO/c1-12-5-2-3-8-15(12)21-16(22)10-9-13-6-4-7-14(11-13)17(18,19)20/h4,6-7,9-12,15H,2-3,5,8H2,1H3,(H,21,22)/b10-9+/t12-,15+/m0/s1. The first kappa shape index (κ1) is 16.6. The van der Waals surface area contributed by atoms with Gasteiger partial charge in [0.1, 0.15) is 0 Å². The summed E-state index contributed by atoms with van der Waals surface area (Å²) in [6.07, 6.45) is 2.70. The molecule has 0 radical (unpaired) electrons. The molecule has 0 aromatic heterocycles. The number of carbonyl (C=O) groups excluding carboxylic acids is 1. The largest absolute Gasteiger partial charge is 0.416 e. The maximum atomic E-state index is 12.6. The maximum absolute atomic E-state index is 12.6. The molecule has 0 saturated heterocycles. The fraction of sp³-hybridized carbons (Fsp3) is 0.471. The summed E-state index contributed by atoms with van der Waals surface area (Å²) < 4.78 is 37.8. The zero-order chi connectivity index (χ0) is 16.2. The Balaban J connectivity index is 1.97. The van der Waals surface area contributed by atoms with Crippen molar-refractivity contribution in [1.29, 1.82) is 0 Å². The van der Waals surface area contributed by atoms with E-state index in [1.54, 1.807) is 6.07 Å². The van der Waals surface area contributed by atoms with Crippen LogP contribution in [-0.4, -0.2) is 11.9 Å². The van der Waals surface area contributed by atoms with Crippen LogP contribution in [0.1, 0.15) is 43.7 Å². The second-order valence-corrected chi connectivity index (χ2v) is 5.83. The number of alkyl halides is 3. The molecule has 22 heavy (non-hydrogen) atoms. The minimum atomic E-state index is -4.37. The minimum absolute atomic E-state index is 0.160. The zero-order valence-corrected chi connectivity index (χ0v) is 12.5. The lowest BCUT2D eigenvalue weighted by Gasteiger charge is -2.29. The Morgan fingerprint density at radius 2 is 2.00 bits per heavy atom. The molecule has 2 rings (SSSR count). The van der Waals surface area contributed by atoms with Gasteiger partial charge in [-0.1, -0.05) is 31.9 Å². The van der Waals surface area contributed by atoms with Gasteiger partial charge < -0.3 is 5.32 Å². The number of amides is 1. The molecule has 1 aliphatic rings. The second kappa shape index (κ2) is 6.99. The maximum Gasteiger partial charge on any atom is 0.416 e. The highest BCUT2D eigenvalue weighted by Gasteiger charge is 2.30. The number of halogens is 3. The smallest absolute Gasteiger partial charge is 0.350 e. The predicted molar refractivity (Wildman–Crippen MR) is 80.0 cm³/mol. The van der Waals surface area contributed by atoms with Crippen molar-refractivity contribution < 1.29 is 18.0 Å². The molecule has 1 aromatic carbocycles. The van der Waals surface area contributed by atoms with Gasteiger partial charge in [0, 0.05) is 12.1 Å². The molecule has 120 valence electrons. The van der Waals surface area contributed by atoms with Gasteiger partial charge in [0.25, 0.3) is 0 Å². The van der Waals surface area contributed by atoms with Crippen molar-refractivity contribution in [2.75, 3.05) is 0 Å². The van der Waals surface area contributed by atoms with Crippen LogP contribution in [0.25, 0.3) is 6.08 Å². The van der Waals surface area contributed by atoms with E-state index < -0.39 is 11.7 Å². The Hall–Kier alpha value is -1.78. The van der Waals surface area contributed by atoms with Crippen LogP contribution in [0.5, 0.6) is 0 Å². The second-order valence-electron chi connectivity index (χ2n) is 5.83. The van der Waals surface area contributed by atoms with E-state index in [2.05, 4.69) is 12.2 Å². The molecule has 0 heterocycles. The predicted octanol–water partition coefficient (Wildman–Crippen LogP) is 4.41. The van der Waals surface area contributed by atoms with Gasteiger partial charge >= 0.3 is 6.18 Å². The van der Waals surface area contributed by atoms with E-state index in [0.717, 1.165) is 31.4 Å². The molecule has 1 fully saturated rings. The number of hydrogen-bond acceptors (Lipinski definition) is 1. The first-order valence-corrected chi connectivity index (χ1v) is 7.52. The first-order chi connectivity index (χ1) is 10.4. The minimum Gasteiger partial charge on any atom is -0.350 e. The van der Waals surface area contributed by atoms with Crippen LogP contribution >= 0.6 is 0 Å². The highest BCUT2D eigenvalue weighted by atomic mass is 19.4. The topological polar surface area (TPSA) is 29.1 Å². The van der Waals surface area contributed by atoms with Crippen molar-refractivity contribution in [3.8, 4) is 0 Å². The van der Waals surface area contributed by atoms with Crippen LogP contribution in [-0.2, 0) is 11.0 Å². The van der Waals surface area contributed by atoms with Gasteiger partial charge in [-0.15, -0.1) is 0 Å². The molecular formula is C17H20F3NO. The number of rotatable bonds is 3. The van der Waals surface area contributed by atoms with E-state index in [9.17, 15) is 18.0 Å². The lowest BCUT2D eigenvalue weighted by atomic mass is 9.86. The third kappa shape index (κ3) is 4.61. The van der Waals surface area contributed by atoms with E-state index in [4.69, 9.17) is 0 Å². The normalized spacial score (nSPS) is 22.7. The highest BCUT2D eigenvalue weighted by Crippen LogP contribution is 2.29. The quantitative estimate of drug-likeness (QED) is 0.823. The van der Waals surface area contributed by atoms with E-state index in [0.29, 0.717) is 11.5 Å². The van der Waals surface area contributed by atoms with Gasteiger partial charge in [0.2, 0.25) is 5.91 Å². The number of nitrogens with one attached hydrogen (secondary N) is 1. The summed E-state index contributed by atoms with van der Waals surface area (Å²) in [5.41, 5.74) is -0.349. The van der Waals surface area contributed by atoms with Crippen molar-refractivity contribution in [3.63, 3.8) is 0 Å². The summed E-state index contributed by atoms with van der Waals surface area (Å²) in [6.45, 7) is 2.11. The molecule has 0 unspecified atom stereocenters. The van der Waals surface area contributed by atoms with Crippen molar-refractivity contribution in [2.24, 2.45) is 5.92 Å². The van der Waals surface area contributed by atoms with Gasteiger partial charge in [-0.2, -0.15) is 13.2 Å². The van der Waals surface area contributed by atoms with Crippen LogP contribution in [0.3, 0.4) is 0 Å². The molecule has 5 heteroatoms. The van der Waals surface area contributed by atoms with Gasteiger partial charge in [0.15, 0.2) is 0 Å². The molecule has 1 saturated carbocycles. The summed E-state index contributed by atoms with van der Waals surface area (Å²) >= 11 is 0. The number of hydrogen-bond donors (Lipinski definition) is 1.